The third-order valence-electron chi connectivity index (χ3n) is 3.76. The van der Waals surface area contributed by atoms with Crippen LogP contribution in [-0.4, -0.2) is 34.4 Å². The Morgan fingerprint density at radius 2 is 2.04 bits per heavy atom. The number of hydrogen-bond acceptors (Lipinski definition) is 7. The molecule has 0 saturated carbocycles. The van der Waals surface area contributed by atoms with Gasteiger partial charge in [0.1, 0.15) is 17.1 Å². The van der Waals surface area contributed by atoms with Crippen molar-refractivity contribution in [2.75, 3.05) is 13.2 Å². The lowest BCUT2D eigenvalue weighted by molar-refractivity contribution is -0.139. The molecule has 0 saturated heterocycles. The number of hydrogen-bond donors (Lipinski definition) is 2. The standard InChI is InChI=1S/C19H17NO7/c21-17(22)11-26-12-6-7-15-14(10-12)18(23)13(19(24)27-15)4-3-9-25-16-5-1-2-8-20-16/h1-2,5-8,10,23H,3-4,9,11H2,(H,21,22). The van der Waals surface area contributed by atoms with Crippen molar-refractivity contribution in [3.05, 3.63) is 58.6 Å². The van der Waals surface area contributed by atoms with Gasteiger partial charge in [-0.05, 0) is 37.1 Å². The van der Waals surface area contributed by atoms with Gasteiger partial charge in [0, 0.05) is 12.3 Å². The predicted octanol–water partition coefficient (Wildman–Crippen LogP) is 2.37. The Morgan fingerprint density at radius 3 is 2.78 bits per heavy atom. The summed E-state index contributed by atoms with van der Waals surface area (Å²) in [5, 5.41) is 19.4. The third-order valence-corrected chi connectivity index (χ3v) is 3.76. The van der Waals surface area contributed by atoms with Gasteiger partial charge in [0.15, 0.2) is 6.61 Å². The lowest BCUT2D eigenvalue weighted by Crippen LogP contribution is -2.11. The number of aromatic nitrogens is 1. The molecule has 27 heavy (non-hydrogen) atoms. The molecule has 0 aliphatic rings. The summed E-state index contributed by atoms with van der Waals surface area (Å²) in [6.07, 6.45) is 2.33. The molecule has 8 nitrogen and oxygen atoms in total. The molecule has 3 aromatic rings. The Kier molecular flexibility index (Phi) is 5.55. The summed E-state index contributed by atoms with van der Waals surface area (Å²) in [4.78, 5) is 26.8. The van der Waals surface area contributed by atoms with E-state index >= 15 is 0 Å². The summed E-state index contributed by atoms with van der Waals surface area (Å²) in [5.41, 5.74) is -0.312. The second kappa shape index (κ2) is 8.22. The second-order valence-electron chi connectivity index (χ2n) is 5.68. The SMILES string of the molecule is O=C(O)COc1ccc2oc(=O)c(CCCOc3ccccn3)c(O)c2c1. The molecule has 0 spiro atoms. The van der Waals surface area contributed by atoms with E-state index in [0.717, 1.165) is 0 Å². The van der Waals surface area contributed by atoms with Gasteiger partial charge in [-0.1, -0.05) is 6.07 Å². The van der Waals surface area contributed by atoms with E-state index in [0.29, 0.717) is 18.9 Å². The highest BCUT2D eigenvalue weighted by Crippen LogP contribution is 2.30. The number of carboxylic acids is 1. The zero-order valence-corrected chi connectivity index (χ0v) is 14.3. The van der Waals surface area contributed by atoms with Crippen LogP contribution in [0.25, 0.3) is 11.0 Å². The van der Waals surface area contributed by atoms with Crippen LogP contribution < -0.4 is 15.1 Å². The Hall–Kier alpha value is -3.55. The first-order valence-corrected chi connectivity index (χ1v) is 8.21. The lowest BCUT2D eigenvalue weighted by Gasteiger charge is -2.09. The van der Waals surface area contributed by atoms with Crippen molar-refractivity contribution in [1.82, 2.24) is 4.98 Å². The van der Waals surface area contributed by atoms with Crippen molar-refractivity contribution < 1.29 is 28.9 Å². The maximum Gasteiger partial charge on any atom is 0.343 e. The maximum absolute atomic E-state index is 12.1. The molecule has 1 aromatic carbocycles. The van der Waals surface area contributed by atoms with Gasteiger partial charge in [-0.15, -0.1) is 0 Å². The molecule has 0 aliphatic heterocycles. The molecule has 140 valence electrons. The summed E-state index contributed by atoms with van der Waals surface area (Å²) in [5.74, 6) is -0.599. The Balaban J connectivity index is 1.74. The van der Waals surface area contributed by atoms with E-state index in [9.17, 15) is 14.7 Å². The van der Waals surface area contributed by atoms with Crippen molar-refractivity contribution >= 4 is 16.9 Å². The van der Waals surface area contributed by atoms with Crippen LogP contribution in [0.3, 0.4) is 0 Å². The van der Waals surface area contributed by atoms with E-state index in [1.807, 2.05) is 0 Å². The van der Waals surface area contributed by atoms with Crippen LogP contribution in [0.2, 0.25) is 0 Å². The first-order chi connectivity index (χ1) is 13.0. The number of fused-ring (bicyclic) bond motifs is 1. The number of carboxylic acid groups (broad SMARTS) is 1. The van der Waals surface area contributed by atoms with Gasteiger partial charge in [-0.3, -0.25) is 0 Å². The molecular formula is C19H17NO7. The highest BCUT2D eigenvalue weighted by molar-refractivity contribution is 5.85. The summed E-state index contributed by atoms with van der Waals surface area (Å²) < 4.78 is 15.8. The molecule has 2 heterocycles. The van der Waals surface area contributed by atoms with Crippen molar-refractivity contribution in [2.45, 2.75) is 12.8 Å². The quantitative estimate of drug-likeness (QED) is 0.457. The molecule has 2 aromatic heterocycles. The molecule has 0 bridgehead atoms. The van der Waals surface area contributed by atoms with E-state index in [1.54, 1.807) is 24.4 Å². The molecule has 0 radical (unpaired) electrons. The third kappa shape index (κ3) is 4.55. The number of rotatable bonds is 8. The second-order valence-corrected chi connectivity index (χ2v) is 5.68. The van der Waals surface area contributed by atoms with Crippen LogP contribution in [0, 0.1) is 0 Å². The summed E-state index contributed by atoms with van der Waals surface area (Å²) in [7, 11) is 0. The number of ether oxygens (including phenoxy) is 2. The van der Waals surface area contributed by atoms with Gasteiger partial charge in [-0.2, -0.15) is 0 Å². The fraction of sp³-hybridized carbons (Fsp3) is 0.211. The maximum atomic E-state index is 12.1. The minimum Gasteiger partial charge on any atom is -0.507 e. The summed E-state index contributed by atoms with van der Waals surface area (Å²) in [6, 6.07) is 9.65. The largest absolute Gasteiger partial charge is 0.507 e. The van der Waals surface area contributed by atoms with Gasteiger partial charge in [-0.25, -0.2) is 14.6 Å². The highest BCUT2D eigenvalue weighted by Gasteiger charge is 2.15. The van der Waals surface area contributed by atoms with Crippen LogP contribution in [0.5, 0.6) is 17.4 Å². The monoisotopic (exact) mass is 371 g/mol. The molecule has 0 fully saturated rings. The fourth-order valence-corrected chi connectivity index (χ4v) is 2.52. The van der Waals surface area contributed by atoms with Crippen molar-refractivity contribution in [3.8, 4) is 17.4 Å². The van der Waals surface area contributed by atoms with Gasteiger partial charge in [0.2, 0.25) is 5.88 Å². The number of aromatic hydroxyl groups is 1. The average Bonchev–Trinajstić information content (AvgIpc) is 2.66. The molecule has 0 amide bonds. The first-order valence-electron chi connectivity index (χ1n) is 8.21. The van der Waals surface area contributed by atoms with Crippen LogP contribution in [0.1, 0.15) is 12.0 Å². The Bertz CT molecular complexity index is 998. The van der Waals surface area contributed by atoms with Crippen LogP contribution >= 0.6 is 0 Å². The zero-order valence-electron chi connectivity index (χ0n) is 14.3. The number of carbonyl (C=O) groups is 1. The Labute approximate surface area is 153 Å². The molecule has 2 N–H and O–H groups in total. The average molecular weight is 371 g/mol. The van der Waals surface area contributed by atoms with E-state index in [-0.39, 0.29) is 34.5 Å². The van der Waals surface area contributed by atoms with Gasteiger partial charge in [0.25, 0.3) is 0 Å². The minimum atomic E-state index is -1.12. The first kappa shape index (κ1) is 18.2. The Morgan fingerprint density at radius 1 is 1.19 bits per heavy atom. The van der Waals surface area contributed by atoms with E-state index in [2.05, 4.69) is 4.98 Å². The van der Waals surface area contributed by atoms with Gasteiger partial charge in [0.05, 0.1) is 17.6 Å². The minimum absolute atomic E-state index is 0.127. The topological polar surface area (TPSA) is 119 Å². The summed E-state index contributed by atoms with van der Waals surface area (Å²) in [6.45, 7) is -0.198. The smallest absolute Gasteiger partial charge is 0.343 e. The van der Waals surface area contributed by atoms with Gasteiger partial charge < -0.3 is 24.1 Å². The van der Waals surface area contributed by atoms with E-state index < -0.39 is 18.2 Å². The molecular weight excluding hydrogens is 354 g/mol. The normalized spacial score (nSPS) is 10.7. The fourth-order valence-electron chi connectivity index (χ4n) is 2.52. The molecule has 0 aliphatic carbocycles. The van der Waals surface area contributed by atoms with Crippen LogP contribution in [-0.2, 0) is 11.2 Å². The van der Waals surface area contributed by atoms with Crippen LogP contribution in [0.15, 0.2) is 51.8 Å². The summed E-state index contributed by atoms with van der Waals surface area (Å²) >= 11 is 0. The lowest BCUT2D eigenvalue weighted by atomic mass is 10.1. The van der Waals surface area contributed by atoms with E-state index in [4.69, 9.17) is 19.0 Å². The van der Waals surface area contributed by atoms with Crippen molar-refractivity contribution in [1.29, 1.82) is 0 Å². The van der Waals surface area contributed by atoms with E-state index in [1.165, 1.54) is 18.2 Å². The zero-order chi connectivity index (χ0) is 19.2. The van der Waals surface area contributed by atoms with Gasteiger partial charge >= 0.3 is 11.6 Å². The number of nitrogens with zero attached hydrogens (tertiary/aromatic N) is 1. The number of pyridine rings is 1. The molecule has 0 unspecified atom stereocenters. The highest BCUT2D eigenvalue weighted by atomic mass is 16.5. The van der Waals surface area contributed by atoms with Crippen LogP contribution in [0.4, 0.5) is 0 Å². The van der Waals surface area contributed by atoms with Crippen molar-refractivity contribution in [2.24, 2.45) is 0 Å². The molecule has 0 atom stereocenters. The number of benzene rings is 1. The molecule has 8 heteroatoms. The predicted molar refractivity (Wildman–Crippen MR) is 95.3 cm³/mol. The number of aliphatic carboxylic acids is 1. The van der Waals surface area contributed by atoms with Crippen molar-refractivity contribution in [3.63, 3.8) is 0 Å². The molecule has 3 rings (SSSR count).